The lowest BCUT2D eigenvalue weighted by Crippen LogP contribution is -2.50. The Morgan fingerprint density at radius 2 is 2.00 bits per heavy atom. The van der Waals surface area contributed by atoms with Gasteiger partial charge in [-0.15, -0.1) is 0 Å². The summed E-state index contributed by atoms with van der Waals surface area (Å²) in [6, 6.07) is 9.46. The molecule has 1 aliphatic heterocycles. The van der Waals surface area contributed by atoms with E-state index in [1.165, 1.54) is 30.6 Å². The van der Waals surface area contributed by atoms with Crippen molar-refractivity contribution in [2.24, 2.45) is 11.3 Å². The summed E-state index contributed by atoms with van der Waals surface area (Å²) in [6.07, 6.45) is 2.41. The molecule has 2 unspecified atom stereocenters. The first-order valence-corrected chi connectivity index (χ1v) is 8.48. The number of hydrogen-bond donors (Lipinski definition) is 1. The standard InChI is InChI=1S/C19H32N2/c1-6-11-20-18(19(3,4)5)14-21-13-15(2)12-16-9-7-8-10-17(16)21/h7-10,15,18,20H,6,11-14H2,1-5H3. The third-order valence-electron chi connectivity index (χ3n) is 4.52. The van der Waals surface area contributed by atoms with Crippen molar-refractivity contribution in [2.45, 2.75) is 53.5 Å². The van der Waals surface area contributed by atoms with Gasteiger partial charge in [-0.25, -0.2) is 0 Å². The van der Waals surface area contributed by atoms with E-state index in [1.807, 2.05) is 0 Å². The zero-order chi connectivity index (χ0) is 15.5. The number of benzene rings is 1. The van der Waals surface area contributed by atoms with Crippen LogP contribution < -0.4 is 10.2 Å². The molecule has 1 heterocycles. The summed E-state index contributed by atoms with van der Waals surface area (Å²) in [7, 11) is 0. The number of nitrogens with one attached hydrogen (secondary N) is 1. The third kappa shape index (κ3) is 4.23. The number of para-hydroxylation sites is 1. The normalized spacial score (nSPS) is 20.2. The highest BCUT2D eigenvalue weighted by atomic mass is 15.2. The van der Waals surface area contributed by atoms with E-state index in [1.54, 1.807) is 0 Å². The second-order valence-corrected chi connectivity index (χ2v) is 7.72. The fourth-order valence-corrected chi connectivity index (χ4v) is 3.26. The Hall–Kier alpha value is -1.02. The quantitative estimate of drug-likeness (QED) is 0.877. The lowest BCUT2D eigenvalue weighted by atomic mass is 9.85. The summed E-state index contributed by atoms with van der Waals surface area (Å²) in [5.41, 5.74) is 3.24. The molecule has 1 aromatic carbocycles. The maximum absolute atomic E-state index is 3.76. The van der Waals surface area contributed by atoms with Gasteiger partial charge in [-0.2, -0.15) is 0 Å². The molecule has 0 radical (unpaired) electrons. The Bertz CT molecular complexity index is 447. The fraction of sp³-hybridized carbons (Fsp3) is 0.684. The van der Waals surface area contributed by atoms with Crippen molar-refractivity contribution in [1.29, 1.82) is 0 Å². The van der Waals surface area contributed by atoms with Gasteiger partial charge in [-0.05, 0) is 42.3 Å². The SMILES string of the molecule is CCCNC(CN1CC(C)Cc2ccccc21)C(C)(C)C. The molecule has 2 heteroatoms. The minimum Gasteiger partial charge on any atom is -0.369 e. The molecule has 2 atom stereocenters. The first-order valence-electron chi connectivity index (χ1n) is 8.48. The van der Waals surface area contributed by atoms with Gasteiger partial charge >= 0.3 is 0 Å². The molecule has 0 amide bonds. The van der Waals surface area contributed by atoms with E-state index in [4.69, 9.17) is 0 Å². The molecular formula is C19H32N2. The number of hydrogen-bond acceptors (Lipinski definition) is 2. The van der Waals surface area contributed by atoms with Crippen LogP contribution in [0.3, 0.4) is 0 Å². The van der Waals surface area contributed by atoms with Crippen LogP contribution in [0.25, 0.3) is 0 Å². The first-order chi connectivity index (χ1) is 9.91. The Morgan fingerprint density at radius 3 is 2.67 bits per heavy atom. The lowest BCUT2D eigenvalue weighted by Gasteiger charge is -2.41. The van der Waals surface area contributed by atoms with Crippen molar-refractivity contribution in [3.05, 3.63) is 29.8 Å². The van der Waals surface area contributed by atoms with Crippen molar-refractivity contribution in [1.82, 2.24) is 5.32 Å². The van der Waals surface area contributed by atoms with Crippen LogP contribution >= 0.6 is 0 Å². The summed E-state index contributed by atoms with van der Waals surface area (Å²) in [4.78, 5) is 2.60. The fourth-order valence-electron chi connectivity index (χ4n) is 3.26. The molecule has 21 heavy (non-hydrogen) atoms. The molecule has 2 rings (SSSR count). The number of fused-ring (bicyclic) bond motifs is 1. The van der Waals surface area contributed by atoms with Crippen LogP contribution in [0.4, 0.5) is 5.69 Å². The molecule has 118 valence electrons. The zero-order valence-electron chi connectivity index (χ0n) is 14.4. The van der Waals surface area contributed by atoms with E-state index in [0.717, 1.165) is 19.0 Å². The van der Waals surface area contributed by atoms with Crippen molar-refractivity contribution in [3.63, 3.8) is 0 Å². The summed E-state index contributed by atoms with van der Waals surface area (Å²) in [5.74, 6) is 0.742. The van der Waals surface area contributed by atoms with Crippen LogP contribution in [0.2, 0.25) is 0 Å². The van der Waals surface area contributed by atoms with Gasteiger partial charge in [-0.1, -0.05) is 52.8 Å². The maximum atomic E-state index is 3.76. The Kier molecular flexibility index (Phi) is 5.32. The largest absolute Gasteiger partial charge is 0.369 e. The summed E-state index contributed by atoms with van der Waals surface area (Å²) >= 11 is 0. The predicted molar refractivity (Wildman–Crippen MR) is 93.1 cm³/mol. The van der Waals surface area contributed by atoms with Crippen molar-refractivity contribution in [2.75, 3.05) is 24.5 Å². The summed E-state index contributed by atoms with van der Waals surface area (Å²) in [6.45, 7) is 15.0. The second kappa shape index (κ2) is 6.83. The number of rotatable bonds is 5. The van der Waals surface area contributed by atoms with E-state index >= 15 is 0 Å². The van der Waals surface area contributed by atoms with Crippen LogP contribution in [-0.2, 0) is 6.42 Å². The van der Waals surface area contributed by atoms with E-state index in [9.17, 15) is 0 Å². The minimum absolute atomic E-state index is 0.283. The molecule has 0 aromatic heterocycles. The molecule has 0 saturated heterocycles. The smallest absolute Gasteiger partial charge is 0.0399 e. The van der Waals surface area contributed by atoms with Crippen LogP contribution in [0, 0.1) is 11.3 Å². The van der Waals surface area contributed by atoms with Gasteiger partial charge in [0.1, 0.15) is 0 Å². The van der Waals surface area contributed by atoms with Gasteiger partial charge in [0.2, 0.25) is 0 Å². The number of nitrogens with zero attached hydrogens (tertiary/aromatic N) is 1. The van der Waals surface area contributed by atoms with Gasteiger partial charge in [0.05, 0.1) is 0 Å². The van der Waals surface area contributed by atoms with Crippen LogP contribution in [0.1, 0.15) is 46.6 Å². The first kappa shape index (κ1) is 16.4. The number of anilines is 1. The van der Waals surface area contributed by atoms with Gasteiger partial charge in [0.15, 0.2) is 0 Å². The Balaban J connectivity index is 2.16. The van der Waals surface area contributed by atoms with E-state index in [0.29, 0.717) is 6.04 Å². The Labute approximate surface area is 130 Å². The molecule has 0 bridgehead atoms. The monoisotopic (exact) mass is 288 g/mol. The van der Waals surface area contributed by atoms with Crippen molar-refractivity contribution >= 4 is 5.69 Å². The molecule has 1 N–H and O–H groups in total. The highest BCUT2D eigenvalue weighted by Gasteiger charge is 2.29. The summed E-state index contributed by atoms with van der Waals surface area (Å²) < 4.78 is 0. The molecular weight excluding hydrogens is 256 g/mol. The van der Waals surface area contributed by atoms with Gasteiger partial charge < -0.3 is 10.2 Å². The van der Waals surface area contributed by atoms with Crippen LogP contribution in [-0.4, -0.2) is 25.7 Å². The topological polar surface area (TPSA) is 15.3 Å². The minimum atomic E-state index is 0.283. The van der Waals surface area contributed by atoms with E-state index < -0.39 is 0 Å². The highest BCUT2D eigenvalue weighted by Crippen LogP contribution is 2.31. The highest BCUT2D eigenvalue weighted by molar-refractivity contribution is 5.55. The second-order valence-electron chi connectivity index (χ2n) is 7.72. The predicted octanol–water partition coefficient (Wildman–Crippen LogP) is 4.10. The van der Waals surface area contributed by atoms with E-state index in [2.05, 4.69) is 69.1 Å². The molecule has 1 aromatic rings. The third-order valence-corrected chi connectivity index (χ3v) is 4.52. The average molecular weight is 288 g/mol. The van der Waals surface area contributed by atoms with Gasteiger partial charge in [0, 0.05) is 24.8 Å². The van der Waals surface area contributed by atoms with Crippen molar-refractivity contribution < 1.29 is 0 Å². The average Bonchev–Trinajstić information content (AvgIpc) is 2.41. The van der Waals surface area contributed by atoms with Crippen molar-refractivity contribution in [3.8, 4) is 0 Å². The Morgan fingerprint density at radius 1 is 1.29 bits per heavy atom. The lowest BCUT2D eigenvalue weighted by molar-refractivity contribution is 0.267. The summed E-state index contributed by atoms with van der Waals surface area (Å²) in [5, 5.41) is 3.76. The maximum Gasteiger partial charge on any atom is 0.0399 e. The molecule has 0 spiro atoms. The zero-order valence-corrected chi connectivity index (χ0v) is 14.4. The molecule has 1 aliphatic rings. The molecule has 0 aliphatic carbocycles. The molecule has 0 fully saturated rings. The van der Waals surface area contributed by atoms with Gasteiger partial charge in [-0.3, -0.25) is 0 Å². The molecule has 2 nitrogen and oxygen atoms in total. The molecule has 0 saturated carbocycles. The van der Waals surface area contributed by atoms with Crippen LogP contribution in [0.15, 0.2) is 24.3 Å². The van der Waals surface area contributed by atoms with Crippen LogP contribution in [0.5, 0.6) is 0 Å². The van der Waals surface area contributed by atoms with Gasteiger partial charge in [0.25, 0.3) is 0 Å². The van der Waals surface area contributed by atoms with E-state index in [-0.39, 0.29) is 5.41 Å².